The number of aromatic nitrogens is 4. The van der Waals surface area contributed by atoms with Gasteiger partial charge in [-0.1, -0.05) is 19.0 Å². The number of thiazole rings is 2. The van der Waals surface area contributed by atoms with E-state index in [0.717, 1.165) is 25.3 Å². The summed E-state index contributed by atoms with van der Waals surface area (Å²) in [5.74, 6) is 1.96. The van der Waals surface area contributed by atoms with Gasteiger partial charge in [-0.05, 0) is 5.92 Å². The molecule has 0 aliphatic rings. The predicted octanol–water partition coefficient (Wildman–Crippen LogP) is 3.38. The van der Waals surface area contributed by atoms with E-state index in [2.05, 4.69) is 38.9 Å². The maximum absolute atomic E-state index is 5.41. The van der Waals surface area contributed by atoms with E-state index in [1.165, 1.54) is 9.75 Å². The van der Waals surface area contributed by atoms with Crippen LogP contribution in [0.25, 0.3) is 0 Å². The van der Waals surface area contributed by atoms with Crippen LogP contribution in [0, 0.1) is 5.92 Å². The van der Waals surface area contributed by atoms with Gasteiger partial charge in [0.2, 0.25) is 5.89 Å². The fraction of sp³-hybridized carbons (Fsp3) is 0.467. The molecule has 0 saturated heterocycles. The third-order valence-corrected chi connectivity index (χ3v) is 4.71. The van der Waals surface area contributed by atoms with Crippen LogP contribution in [0.4, 0.5) is 0 Å². The summed E-state index contributed by atoms with van der Waals surface area (Å²) in [6.45, 7) is 6.54. The molecule has 23 heavy (non-hydrogen) atoms. The van der Waals surface area contributed by atoms with Gasteiger partial charge in [0.25, 0.3) is 0 Å². The van der Waals surface area contributed by atoms with E-state index in [1.54, 1.807) is 22.7 Å². The Bertz CT molecular complexity index is 657. The summed E-state index contributed by atoms with van der Waals surface area (Å²) in [5.41, 5.74) is 3.71. The lowest BCUT2D eigenvalue weighted by Gasteiger charge is -2.18. The van der Waals surface area contributed by atoms with Crippen molar-refractivity contribution in [3.63, 3.8) is 0 Å². The smallest absolute Gasteiger partial charge is 0.240 e. The van der Waals surface area contributed by atoms with Crippen LogP contribution < -0.4 is 0 Å². The minimum atomic E-state index is 0.519. The van der Waals surface area contributed by atoms with Crippen molar-refractivity contribution in [2.24, 2.45) is 5.92 Å². The molecule has 0 atom stereocenters. The van der Waals surface area contributed by atoms with Gasteiger partial charge in [-0.2, -0.15) is 4.98 Å². The van der Waals surface area contributed by atoms with Crippen molar-refractivity contribution in [3.8, 4) is 0 Å². The zero-order valence-corrected chi connectivity index (χ0v) is 14.8. The highest BCUT2D eigenvalue weighted by Crippen LogP contribution is 2.17. The van der Waals surface area contributed by atoms with E-state index in [-0.39, 0.29) is 0 Å². The SMILES string of the molecule is CC(C)Cc1noc(CN(Cc2cncs2)Cc2cncs2)n1. The second-order valence-electron chi connectivity index (χ2n) is 5.78. The van der Waals surface area contributed by atoms with Crippen molar-refractivity contribution in [1.82, 2.24) is 25.0 Å². The Morgan fingerprint density at radius 3 is 2.22 bits per heavy atom. The molecule has 0 unspecified atom stereocenters. The van der Waals surface area contributed by atoms with Gasteiger partial charge in [0.15, 0.2) is 5.82 Å². The Morgan fingerprint density at radius 1 is 1.04 bits per heavy atom. The Balaban J connectivity index is 1.68. The first kappa shape index (κ1) is 16.2. The summed E-state index contributed by atoms with van der Waals surface area (Å²) in [5, 5.41) is 4.07. The topological polar surface area (TPSA) is 67.9 Å². The lowest BCUT2D eigenvalue weighted by molar-refractivity contribution is 0.214. The minimum Gasteiger partial charge on any atom is -0.338 e. The first-order valence-electron chi connectivity index (χ1n) is 7.47. The minimum absolute atomic E-state index is 0.519. The van der Waals surface area contributed by atoms with Crippen molar-refractivity contribution in [1.29, 1.82) is 0 Å². The molecule has 6 nitrogen and oxygen atoms in total. The second kappa shape index (κ2) is 7.76. The van der Waals surface area contributed by atoms with Crippen LogP contribution in [0.15, 0.2) is 27.9 Å². The number of nitrogens with zero attached hydrogens (tertiary/aromatic N) is 5. The molecule has 0 aliphatic carbocycles. The third kappa shape index (κ3) is 4.92. The lowest BCUT2D eigenvalue weighted by atomic mass is 10.1. The molecule has 3 aromatic heterocycles. The lowest BCUT2D eigenvalue weighted by Crippen LogP contribution is -2.21. The summed E-state index contributed by atoms with van der Waals surface area (Å²) in [7, 11) is 0. The highest BCUT2D eigenvalue weighted by Gasteiger charge is 2.15. The predicted molar refractivity (Wildman–Crippen MR) is 90.0 cm³/mol. The van der Waals surface area contributed by atoms with Gasteiger partial charge in [-0.15, -0.1) is 22.7 Å². The molecule has 0 amide bonds. The van der Waals surface area contributed by atoms with Gasteiger partial charge in [-0.3, -0.25) is 14.9 Å². The van der Waals surface area contributed by atoms with E-state index in [0.29, 0.717) is 18.4 Å². The van der Waals surface area contributed by atoms with Crippen LogP contribution in [-0.2, 0) is 26.1 Å². The number of hydrogen-bond acceptors (Lipinski definition) is 8. The normalized spacial score (nSPS) is 11.7. The maximum atomic E-state index is 5.41. The molecular formula is C15H19N5OS2. The van der Waals surface area contributed by atoms with E-state index in [1.807, 2.05) is 23.4 Å². The van der Waals surface area contributed by atoms with Gasteiger partial charge in [-0.25, -0.2) is 0 Å². The van der Waals surface area contributed by atoms with Gasteiger partial charge in [0.05, 0.1) is 17.6 Å². The highest BCUT2D eigenvalue weighted by molar-refractivity contribution is 7.09. The molecule has 0 spiro atoms. The van der Waals surface area contributed by atoms with Crippen molar-refractivity contribution < 1.29 is 4.52 Å². The van der Waals surface area contributed by atoms with E-state index < -0.39 is 0 Å². The molecule has 3 heterocycles. The zero-order chi connectivity index (χ0) is 16.1. The van der Waals surface area contributed by atoms with Crippen molar-refractivity contribution >= 4 is 22.7 Å². The van der Waals surface area contributed by atoms with Crippen LogP contribution in [0.2, 0.25) is 0 Å². The van der Waals surface area contributed by atoms with Gasteiger partial charge in [0.1, 0.15) is 0 Å². The van der Waals surface area contributed by atoms with Crippen LogP contribution in [-0.4, -0.2) is 25.0 Å². The Kier molecular flexibility index (Phi) is 5.47. The largest absolute Gasteiger partial charge is 0.338 e. The van der Waals surface area contributed by atoms with Gasteiger partial charge in [0, 0.05) is 41.7 Å². The van der Waals surface area contributed by atoms with E-state index in [9.17, 15) is 0 Å². The number of hydrogen-bond donors (Lipinski definition) is 0. The van der Waals surface area contributed by atoms with Gasteiger partial charge >= 0.3 is 0 Å². The summed E-state index contributed by atoms with van der Waals surface area (Å²) in [6, 6.07) is 0. The molecule has 0 N–H and O–H groups in total. The molecule has 8 heteroatoms. The Labute approximate surface area is 143 Å². The van der Waals surface area contributed by atoms with Crippen LogP contribution in [0.3, 0.4) is 0 Å². The summed E-state index contributed by atoms with van der Waals surface area (Å²) in [6.07, 6.45) is 4.65. The van der Waals surface area contributed by atoms with Crippen molar-refractivity contribution in [2.75, 3.05) is 0 Å². The molecule has 0 aromatic carbocycles. The summed E-state index contributed by atoms with van der Waals surface area (Å²) < 4.78 is 5.41. The average molecular weight is 349 g/mol. The average Bonchev–Trinajstić information content (AvgIpc) is 3.22. The first-order valence-corrected chi connectivity index (χ1v) is 9.23. The molecular weight excluding hydrogens is 330 g/mol. The monoisotopic (exact) mass is 349 g/mol. The van der Waals surface area contributed by atoms with E-state index in [4.69, 9.17) is 4.52 Å². The van der Waals surface area contributed by atoms with Gasteiger partial charge < -0.3 is 4.52 Å². The summed E-state index contributed by atoms with van der Waals surface area (Å²) >= 11 is 3.31. The highest BCUT2D eigenvalue weighted by atomic mass is 32.1. The van der Waals surface area contributed by atoms with Crippen LogP contribution in [0.5, 0.6) is 0 Å². The maximum Gasteiger partial charge on any atom is 0.240 e. The fourth-order valence-corrected chi connectivity index (χ4v) is 3.51. The zero-order valence-electron chi connectivity index (χ0n) is 13.2. The molecule has 3 rings (SSSR count). The Hall–Kier alpha value is -1.64. The molecule has 3 aromatic rings. The molecule has 0 fully saturated rings. The van der Waals surface area contributed by atoms with Crippen molar-refractivity contribution in [3.05, 3.63) is 44.9 Å². The van der Waals surface area contributed by atoms with Crippen molar-refractivity contribution in [2.45, 2.75) is 39.9 Å². The molecule has 0 aliphatic heterocycles. The van der Waals surface area contributed by atoms with Crippen LogP contribution in [0.1, 0.15) is 35.3 Å². The van der Waals surface area contributed by atoms with E-state index >= 15 is 0 Å². The molecule has 0 saturated carbocycles. The quantitative estimate of drug-likeness (QED) is 0.621. The third-order valence-electron chi connectivity index (χ3n) is 3.19. The fourth-order valence-electron chi connectivity index (χ4n) is 2.24. The molecule has 0 radical (unpaired) electrons. The van der Waals surface area contributed by atoms with Crippen LogP contribution >= 0.6 is 22.7 Å². The molecule has 122 valence electrons. The second-order valence-corrected chi connectivity index (χ2v) is 7.72. The summed E-state index contributed by atoms with van der Waals surface area (Å²) in [4.78, 5) is 17.5. The molecule has 0 bridgehead atoms. The first-order chi connectivity index (χ1) is 11.2. The Morgan fingerprint density at radius 2 is 1.70 bits per heavy atom. The standard InChI is InChI=1S/C15H19N5OS2/c1-11(2)3-14-18-15(21-19-14)8-20(6-12-4-16-9-22-12)7-13-5-17-10-23-13/h4-5,9-11H,3,6-8H2,1-2H3. The number of rotatable bonds is 8.